The van der Waals surface area contributed by atoms with Crippen LogP contribution in [-0.4, -0.2) is 10.1 Å². The molecule has 3 aromatic rings. The lowest BCUT2D eigenvalue weighted by molar-refractivity contribution is 0.415. The molecule has 3 rings (SSSR count). The van der Waals surface area contributed by atoms with E-state index in [-0.39, 0.29) is 0 Å². The molecule has 0 bridgehead atoms. The minimum Gasteiger partial charge on any atom is -0.365 e. The molecule has 2 aromatic heterocycles. The molecule has 0 N–H and O–H groups in total. The number of nitrogens with zero attached hydrogens (tertiary/aromatic N) is 2. The Morgan fingerprint density at radius 1 is 1.00 bits per heavy atom. The number of rotatable bonds is 0. The summed E-state index contributed by atoms with van der Waals surface area (Å²) in [6.45, 7) is 1.88. The number of para-hydroxylation sites is 1. The molecule has 0 radical (unpaired) electrons. The number of pyridine rings is 1. The summed E-state index contributed by atoms with van der Waals surface area (Å²) in [5, 5.41) is 4.74. The average Bonchev–Trinajstić information content (AvgIpc) is 2.81. The highest BCUT2D eigenvalue weighted by molar-refractivity contribution is 5.77. The van der Waals surface area contributed by atoms with Crippen molar-refractivity contribution in [2.75, 3.05) is 0 Å². The maximum atomic E-state index is 4.46. The van der Waals surface area contributed by atoms with Crippen LogP contribution in [0, 0.1) is 6.92 Å². The van der Waals surface area contributed by atoms with Gasteiger partial charge in [0.1, 0.15) is 6.26 Å². The van der Waals surface area contributed by atoms with E-state index in [1.807, 2.05) is 37.4 Å². The van der Waals surface area contributed by atoms with Gasteiger partial charge in [-0.25, -0.2) is 0 Å². The summed E-state index contributed by atoms with van der Waals surface area (Å²) >= 11 is 0. The predicted molar refractivity (Wildman–Crippen MR) is 63.0 cm³/mol. The maximum Gasteiger partial charge on any atom is 0.124 e. The van der Waals surface area contributed by atoms with Crippen LogP contribution in [0.25, 0.3) is 10.9 Å². The summed E-state index contributed by atoms with van der Waals surface area (Å²) < 4.78 is 4.46. The van der Waals surface area contributed by atoms with Gasteiger partial charge in [0, 0.05) is 17.6 Å². The number of aromatic nitrogens is 2. The molecule has 0 unspecified atom stereocenters. The topological polar surface area (TPSA) is 38.9 Å². The first-order valence-electron chi connectivity index (χ1n) is 5.03. The van der Waals surface area contributed by atoms with E-state index in [0.717, 1.165) is 11.2 Å². The van der Waals surface area contributed by atoms with Crippen molar-refractivity contribution in [2.45, 2.75) is 6.92 Å². The third-order valence-electron chi connectivity index (χ3n) is 2.08. The molecular weight excluding hydrogens is 200 g/mol. The van der Waals surface area contributed by atoms with Gasteiger partial charge in [-0.3, -0.25) is 4.98 Å². The Labute approximate surface area is 93.7 Å². The van der Waals surface area contributed by atoms with Gasteiger partial charge in [0.2, 0.25) is 0 Å². The van der Waals surface area contributed by atoms with Gasteiger partial charge < -0.3 is 4.52 Å². The molecule has 0 spiro atoms. The van der Waals surface area contributed by atoms with Gasteiger partial charge in [-0.05, 0) is 19.1 Å². The number of hydrogen-bond donors (Lipinski definition) is 0. The normalized spacial score (nSPS) is 9.56. The summed E-state index contributed by atoms with van der Waals surface area (Å²) in [6.07, 6.45) is 3.36. The number of aryl methyl sites for hydroxylation is 1. The summed E-state index contributed by atoms with van der Waals surface area (Å²) in [5.41, 5.74) is 1.99. The third-order valence-corrected chi connectivity index (χ3v) is 2.08. The molecule has 80 valence electrons. The van der Waals surface area contributed by atoms with Gasteiger partial charge in [0.25, 0.3) is 0 Å². The Morgan fingerprint density at radius 2 is 1.81 bits per heavy atom. The van der Waals surface area contributed by atoms with Crippen LogP contribution in [0.4, 0.5) is 0 Å². The second-order valence-corrected chi connectivity index (χ2v) is 3.34. The molecule has 0 amide bonds. The van der Waals surface area contributed by atoms with Gasteiger partial charge in [0.15, 0.2) is 0 Å². The van der Waals surface area contributed by atoms with Gasteiger partial charge in [-0.1, -0.05) is 29.4 Å². The Kier molecular flexibility index (Phi) is 3.28. The van der Waals surface area contributed by atoms with Crippen molar-refractivity contribution < 1.29 is 4.52 Å². The molecule has 3 nitrogen and oxygen atoms in total. The quantitative estimate of drug-likeness (QED) is 0.574. The van der Waals surface area contributed by atoms with Crippen LogP contribution in [0.1, 0.15) is 5.69 Å². The van der Waals surface area contributed by atoms with E-state index in [0.29, 0.717) is 0 Å². The summed E-state index contributed by atoms with van der Waals surface area (Å²) in [5.74, 6) is 0. The summed E-state index contributed by atoms with van der Waals surface area (Å²) in [4.78, 5) is 4.18. The van der Waals surface area contributed by atoms with Crippen LogP contribution in [0.15, 0.2) is 59.4 Å². The van der Waals surface area contributed by atoms with Crippen molar-refractivity contribution in [3.63, 3.8) is 0 Å². The minimum absolute atomic E-state index is 0.926. The fraction of sp³-hybridized carbons (Fsp3) is 0.0769. The molecule has 0 saturated carbocycles. The lowest BCUT2D eigenvalue weighted by atomic mass is 10.2. The van der Waals surface area contributed by atoms with E-state index in [2.05, 4.69) is 26.8 Å². The molecule has 0 atom stereocenters. The molecule has 16 heavy (non-hydrogen) atoms. The molecule has 0 fully saturated rings. The summed E-state index contributed by atoms with van der Waals surface area (Å²) in [7, 11) is 0. The fourth-order valence-corrected chi connectivity index (χ4v) is 1.29. The van der Waals surface area contributed by atoms with Crippen LogP contribution in [0.5, 0.6) is 0 Å². The van der Waals surface area contributed by atoms with Gasteiger partial charge >= 0.3 is 0 Å². The minimum atomic E-state index is 0.926. The van der Waals surface area contributed by atoms with Crippen molar-refractivity contribution in [1.29, 1.82) is 0 Å². The van der Waals surface area contributed by atoms with Crippen LogP contribution >= 0.6 is 0 Å². The first kappa shape index (κ1) is 10.4. The van der Waals surface area contributed by atoms with Crippen LogP contribution < -0.4 is 0 Å². The van der Waals surface area contributed by atoms with Crippen LogP contribution in [0.3, 0.4) is 0 Å². The largest absolute Gasteiger partial charge is 0.365 e. The lowest BCUT2D eigenvalue weighted by Gasteiger charge is -1.91. The lowest BCUT2D eigenvalue weighted by Crippen LogP contribution is -1.73. The highest BCUT2D eigenvalue weighted by Gasteiger charge is 1.86. The van der Waals surface area contributed by atoms with E-state index in [1.54, 1.807) is 12.3 Å². The SMILES string of the molecule is Cc1ccon1.c1ccc2ncccc2c1. The van der Waals surface area contributed by atoms with Crippen LogP contribution in [-0.2, 0) is 0 Å². The number of hydrogen-bond acceptors (Lipinski definition) is 3. The predicted octanol–water partition coefficient (Wildman–Crippen LogP) is 3.22. The van der Waals surface area contributed by atoms with E-state index in [9.17, 15) is 0 Å². The Hall–Kier alpha value is -2.16. The maximum absolute atomic E-state index is 4.46. The smallest absolute Gasteiger partial charge is 0.124 e. The zero-order valence-corrected chi connectivity index (χ0v) is 9.00. The molecular formula is C13H12N2O. The summed E-state index contributed by atoms with van der Waals surface area (Å²) in [6, 6.07) is 13.9. The van der Waals surface area contributed by atoms with Gasteiger partial charge in [-0.2, -0.15) is 0 Å². The Bertz CT molecular complexity index is 481. The second-order valence-electron chi connectivity index (χ2n) is 3.34. The molecule has 0 aliphatic heterocycles. The first-order valence-corrected chi connectivity index (χ1v) is 5.03. The van der Waals surface area contributed by atoms with E-state index in [4.69, 9.17) is 0 Å². The molecule has 0 aliphatic carbocycles. The molecule has 3 heteroatoms. The standard InChI is InChI=1S/C9H7N.C4H5NO/c1-2-6-9-8(4-1)5-3-7-10-9;1-4-2-3-6-5-4/h1-7H;2-3H,1H3. The number of benzene rings is 1. The first-order chi connectivity index (χ1) is 7.86. The van der Waals surface area contributed by atoms with E-state index in [1.165, 1.54) is 5.39 Å². The Morgan fingerprint density at radius 3 is 2.44 bits per heavy atom. The second kappa shape index (κ2) is 5.07. The average molecular weight is 212 g/mol. The number of fused-ring (bicyclic) bond motifs is 1. The van der Waals surface area contributed by atoms with Gasteiger partial charge in [-0.15, -0.1) is 0 Å². The van der Waals surface area contributed by atoms with Crippen molar-refractivity contribution >= 4 is 10.9 Å². The van der Waals surface area contributed by atoms with E-state index < -0.39 is 0 Å². The van der Waals surface area contributed by atoms with Crippen molar-refractivity contribution in [2.24, 2.45) is 0 Å². The highest BCUT2D eigenvalue weighted by Crippen LogP contribution is 2.07. The van der Waals surface area contributed by atoms with Crippen molar-refractivity contribution in [3.05, 3.63) is 60.6 Å². The molecule has 2 heterocycles. The Balaban J connectivity index is 0.000000138. The van der Waals surface area contributed by atoms with Gasteiger partial charge in [0.05, 0.1) is 11.2 Å². The van der Waals surface area contributed by atoms with Crippen molar-refractivity contribution in [1.82, 2.24) is 10.1 Å². The monoisotopic (exact) mass is 212 g/mol. The zero-order chi connectivity index (χ0) is 11.2. The fourth-order valence-electron chi connectivity index (χ4n) is 1.29. The third kappa shape index (κ3) is 2.67. The highest BCUT2D eigenvalue weighted by atomic mass is 16.5. The molecule has 1 aromatic carbocycles. The van der Waals surface area contributed by atoms with Crippen molar-refractivity contribution in [3.8, 4) is 0 Å². The molecule has 0 saturated heterocycles. The molecule has 0 aliphatic rings. The van der Waals surface area contributed by atoms with E-state index >= 15 is 0 Å². The van der Waals surface area contributed by atoms with Crippen LogP contribution in [0.2, 0.25) is 0 Å². The zero-order valence-electron chi connectivity index (χ0n) is 9.00.